The summed E-state index contributed by atoms with van der Waals surface area (Å²) in [7, 11) is 1.66. The quantitative estimate of drug-likeness (QED) is 0.631. The second-order valence-electron chi connectivity index (χ2n) is 5.17. The van der Waals surface area contributed by atoms with Crippen molar-refractivity contribution >= 4 is 11.6 Å². The first kappa shape index (κ1) is 11.4. The minimum Gasteiger partial charge on any atom is -0.497 e. The van der Waals surface area contributed by atoms with E-state index in [1.54, 1.807) is 7.11 Å². The van der Waals surface area contributed by atoms with Gasteiger partial charge in [-0.2, -0.15) is 0 Å². The van der Waals surface area contributed by atoms with Crippen LogP contribution in [-0.4, -0.2) is 19.1 Å². The van der Waals surface area contributed by atoms with E-state index in [-0.39, 0.29) is 0 Å². The number of nitrogens with one attached hydrogen (secondary N) is 1. The van der Waals surface area contributed by atoms with Crippen LogP contribution in [0, 0.1) is 11.8 Å². The highest BCUT2D eigenvalue weighted by Crippen LogP contribution is 2.51. The highest BCUT2D eigenvalue weighted by atomic mass is 16.5. The fraction of sp³-hybridized carbons (Fsp3) is 0.500. The van der Waals surface area contributed by atoms with E-state index in [0.29, 0.717) is 12.0 Å². The summed E-state index contributed by atoms with van der Waals surface area (Å²) in [4.78, 5) is 4.52. The molecule has 18 heavy (non-hydrogen) atoms. The summed E-state index contributed by atoms with van der Waals surface area (Å²) < 4.78 is 5.11. The first-order valence-corrected chi connectivity index (χ1v) is 6.50. The van der Waals surface area contributed by atoms with Crippen molar-refractivity contribution in [3.63, 3.8) is 0 Å². The lowest BCUT2D eigenvalue weighted by Crippen LogP contribution is -2.23. The van der Waals surface area contributed by atoms with Crippen LogP contribution in [0.15, 0.2) is 29.3 Å². The van der Waals surface area contributed by atoms with Gasteiger partial charge in [-0.1, -0.05) is 0 Å². The summed E-state index contributed by atoms with van der Waals surface area (Å²) in [5.74, 6) is 3.11. The van der Waals surface area contributed by atoms with Crippen LogP contribution in [-0.2, 0) is 0 Å². The molecule has 0 heterocycles. The van der Waals surface area contributed by atoms with E-state index < -0.39 is 0 Å². The van der Waals surface area contributed by atoms with E-state index in [1.807, 2.05) is 24.3 Å². The van der Waals surface area contributed by atoms with Crippen molar-refractivity contribution in [3.05, 3.63) is 24.3 Å². The lowest BCUT2D eigenvalue weighted by Gasteiger charge is -2.06. The van der Waals surface area contributed by atoms with Crippen molar-refractivity contribution in [3.8, 4) is 5.75 Å². The first-order valence-electron chi connectivity index (χ1n) is 6.50. The van der Waals surface area contributed by atoms with Crippen LogP contribution in [0.25, 0.3) is 0 Å². The minimum atomic E-state index is 0.461. The van der Waals surface area contributed by atoms with E-state index in [9.17, 15) is 0 Å². The molecule has 0 aromatic heterocycles. The molecule has 0 unspecified atom stereocenters. The average Bonchev–Trinajstić information content (AvgIpc) is 3.23. The summed E-state index contributed by atoms with van der Waals surface area (Å²) in [5.41, 5.74) is 6.85. The number of anilines is 1. The van der Waals surface area contributed by atoms with Crippen molar-refractivity contribution in [1.29, 1.82) is 0 Å². The molecular weight excluding hydrogens is 226 g/mol. The molecule has 1 aromatic carbocycles. The van der Waals surface area contributed by atoms with E-state index in [0.717, 1.165) is 23.3 Å². The minimum absolute atomic E-state index is 0.461. The summed E-state index contributed by atoms with van der Waals surface area (Å²) in [5, 5.41) is 3.12. The SMILES string of the molecule is COc1ccc(NC(N)=N[C@@H]2C[C@H]2C2CC2)cc1. The van der Waals surface area contributed by atoms with Crippen LogP contribution in [0.4, 0.5) is 5.69 Å². The third-order valence-electron chi connectivity index (χ3n) is 3.70. The predicted octanol–water partition coefficient (Wildman–Crippen LogP) is 2.22. The van der Waals surface area contributed by atoms with Gasteiger partial charge in [0.2, 0.25) is 0 Å². The monoisotopic (exact) mass is 245 g/mol. The fourth-order valence-corrected chi connectivity index (χ4v) is 2.41. The molecule has 4 heteroatoms. The summed E-state index contributed by atoms with van der Waals surface area (Å²) >= 11 is 0. The molecule has 3 N–H and O–H groups in total. The molecule has 2 aliphatic carbocycles. The molecule has 0 saturated heterocycles. The molecule has 0 aliphatic heterocycles. The maximum atomic E-state index is 5.91. The highest BCUT2D eigenvalue weighted by Gasteiger charge is 2.47. The van der Waals surface area contributed by atoms with Gasteiger partial charge in [0.15, 0.2) is 5.96 Å². The van der Waals surface area contributed by atoms with Gasteiger partial charge in [0.05, 0.1) is 13.2 Å². The zero-order chi connectivity index (χ0) is 12.5. The highest BCUT2D eigenvalue weighted by molar-refractivity contribution is 5.92. The molecule has 0 spiro atoms. The Morgan fingerprint density at radius 2 is 2.06 bits per heavy atom. The third kappa shape index (κ3) is 2.58. The predicted molar refractivity (Wildman–Crippen MR) is 72.9 cm³/mol. The topological polar surface area (TPSA) is 59.6 Å². The molecular formula is C14H19N3O. The van der Waals surface area contributed by atoms with Gasteiger partial charge < -0.3 is 15.8 Å². The average molecular weight is 245 g/mol. The maximum Gasteiger partial charge on any atom is 0.193 e. The Morgan fingerprint density at radius 1 is 1.33 bits per heavy atom. The van der Waals surface area contributed by atoms with Gasteiger partial charge in [-0.15, -0.1) is 0 Å². The normalized spacial score (nSPS) is 26.8. The molecule has 1 aromatic rings. The van der Waals surface area contributed by atoms with Crippen molar-refractivity contribution in [2.45, 2.75) is 25.3 Å². The molecule has 3 rings (SSSR count). The van der Waals surface area contributed by atoms with E-state index >= 15 is 0 Å². The maximum absolute atomic E-state index is 5.91. The Balaban J connectivity index is 1.56. The van der Waals surface area contributed by atoms with E-state index in [1.165, 1.54) is 19.3 Å². The van der Waals surface area contributed by atoms with Gasteiger partial charge in [0.25, 0.3) is 0 Å². The van der Waals surface area contributed by atoms with Crippen LogP contribution in [0.5, 0.6) is 5.75 Å². The molecule has 2 fully saturated rings. The lowest BCUT2D eigenvalue weighted by molar-refractivity contribution is 0.415. The van der Waals surface area contributed by atoms with Crippen LogP contribution in [0.3, 0.4) is 0 Å². The van der Waals surface area contributed by atoms with Crippen molar-refractivity contribution < 1.29 is 4.74 Å². The number of guanidine groups is 1. The molecule has 4 nitrogen and oxygen atoms in total. The number of aliphatic imine (C=N–C) groups is 1. The molecule has 0 bridgehead atoms. The number of ether oxygens (including phenoxy) is 1. The van der Waals surface area contributed by atoms with Crippen molar-refractivity contribution in [2.75, 3.05) is 12.4 Å². The Hall–Kier alpha value is -1.71. The number of nitrogens with two attached hydrogens (primary N) is 1. The van der Waals surface area contributed by atoms with Crippen LogP contribution in [0.1, 0.15) is 19.3 Å². The van der Waals surface area contributed by atoms with Crippen LogP contribution < -0.4 is 15.8 Å². The first-order chi connectivity index (χ1) is 8.76. The number of hydrogen-bond acceptors (Lipinski definition) is 2. The van der Waals surface area contributed by atoms with Gasteiger partial charge in [-0.3, -0.25) is 0 Å². The summed E-state index contributed by atoms with van der Waals surface area (Å²) in [6.07, 6.45) is 4.00. The molecule has 2 aliphatic rings. The second-order valence-corrected chi connectivity index (χ2v) is 5.17. The lowest BCUT2D eigenvalue weighted by atomic mass is 10.3. The Morgan fingerprint density at radius 3 is 2.67 bits per heavy atom. The summed E-state index contributed by atoms with van der Waals surface area (Å²) in [6, 6.07) is 8.14. The van der Waals surface area contributed by atoms with Gasteiger partial charge >= 0.3 is 0 Å². The number of hydrogen-bond donors (Lipinski definition) is 2. The van der Waals surface area contributed by atoms with Gasteiger partial charge in [0, 0.05) is 5.69 Å². The number of nitrogens with zero attached hydrogens (tertiary/aromatic N) is 1. The van der Waals surface area contributed by atoms with Crippen molar-refractivity contribution in [2.24, 2.45) is 22.6 Å². The zero-order valence-electron chi connectivity index (χ0n) is 10.6. The largest absolute Gasteiger partial charge is 0.497 e. The summed E-state index contributed by atoms with van der Waals surface area (Å²) in [6.45, 7) is 0. The van der Waals surface area contributed by atoms with Crippen molar-refractivity contribution in [1.82, 2.24) is 0 Å². The fourth-order valence-electron chi connectivity index (χ4n) is 2.41. The smallest absolute Gasteiger partial charge is 0.193 e. The Bertz CT molecular complexity index is 451. The molecule has 0 amide bonds. The van der Waals surface area contributed by atoms with Crippen LogP contribution in [0.2, 0.25) is 0 Å². The molecule has 0 radical (unpaired) electrons. The molecule has 2 atom stereocenters. The zero-order valence-corrected chi connectivity index (χ0v) is 10.6. The van der Waals surface area contributed by atoms with E-state index in [4.69, 9.17) is 10.5 Å². The molecule has 2 saturated carbocycles. The second kappa shape index (κ2) is 4.52. The van der Waals surface area contributed by atoms with Gasteiger partial charge in [-0.25, -0.2) is 4.99 Å². The standard InChI is InChI=1S/C14H19N3O/c1-18-11-6-4-10(5-7-11)16-14(15)17-13-8-12(13)9-2-3-9/h4-7,9,12-13H,2-3,8H2,1H3,(H3,15,16,17)/t12-,13+/m0/s1. The third-order valence-corrected chi connectivity index (χ3v) is 3.70. The number of benzene rings is 1. The van der Waals surface area contributed by atoms with E-state index in [2.05, 4.69) is 10.3 Å². The Kier molecular flexibility index (Phi) is 2.86. The van der Waals surface area contributed by atoms with Gasteiger partial charge in [-0.05, 0) is 55.4 Å². The Labute approximate surface area is 107 Å². The molecule has 96 valence electrons. The number of rotatable bonds is 4. The van der Waals surface area contributed by atoms with Gasteiger partial charge in [0.1, 0.15) is 5.75 Å². The van der Waals surface area contributed by atoms with Crippen LogP contribution >= 0.6 is 0 Å². The number of methoxy groups -OCH3 is 1.